The summed E-state index contributed by atoms with van der Waals surface area (Å²) in [6.07, 6.45) is -0.145. The van der Waals surface area contributed by atoms with Crippen molar-refractivity contribution in [2.24, 2.45) is 0 Å². The Hall–Kier alpha value is -0.770. The van der Waals surface area contributed by atoms with Crippen LogP contribution in [0.2, 0.25) is 5.02 Å². The molecule has 1 aromatic carbocycles. The number of hydrogen-bond donors (Lipinski definition) is 0. The molecule has 1 rings (SSSR count). The minimum atomic E-state index is -0.361. The molecule has 0 spiro atoms. The average molecular weight is 306 g/mol. The molecule has 3 nitrogen and oxygen atoms in total. The van der Waals surface area contributed by atoms with E-state index >= 15 is 0 Å². The molecule has 1 atom stereocenters. The maximum atomic E-state index is 11.9. The molecule has 0 saturated heterocycles. The highest BCUT2D eigenvalue weighted by Crippen LogP contribution is 2.16. The smallest absolute Gasteiger partial charge is 0.339 e. The normalized spacial score (nSPS) is 11.8. The average Bonchev–Trinajstić information content (AvgIpc) is 2.36. The molecular weight excluding hydrogens is 285 g/mol. The molecule has 0 radical (unpaired) electrons. The van der Waals surface area contributed by atoms with E-state index in [0.29, 0.717) is 10.6 Å². The standard InChI is InChI=1S/C14H20ClNO2.ClH/c1-4-16(5-2)10-11(3)18-14(17)12-8-6-7-9-13(12)15;/h6-9,11H,4-5,10H2,1-3H3;1H. The minimum Gasteiger partial charge on any atom is -0.458 e. The van der Waals surface area contributed by atoms with E-state index in [1.54, 1.807) is 24.3 Å². The maximum absolute atomic E-state index is 11.9. The third-order valence-electron chi connectivity index (χ3n) is 2.81. The maximum Gasteiger partial charge on any atom is 0.339 e. The number of benzene rings is 1. The van der Waals surface area contributed by atoms with E-state index in [0.717, 1.165) is 19.6 Å². The second-order valence-corrected chi connectivity index (χ2v) is 4.59. The molecule has 0 aliphatic carbocycles. The first-order valence-electron chi connectivity index (χ1n) is 6.26. The van der Waals surface area contributed by atoms with E-state index in [2.05, 4.69) is 18.7 Å². The zero-order valence-electron chi connectivity index (χ0n) is 11.6. The first-order chi connectivity index (χ1) is 8.58. The van der Waals surface area contributed by atoms with Gasteiger partial charge in [0.25, 0.3) is 0 Å². The summed E-state index contributed by atoms with van der Waals surface area (Å²) in [6.45, 7) is 8.71. The molecule has 19 heavy (non-hydrogen) atoms. The molecule has 0 bridgehead atoms. The molecule has 0 fully saturated rings. The van der Waals surface area contributed by atoms with E-state index in [1.807, 2.05) is 6.92 Å². The lowest BCUT2D eigenvalue weighted by molar-refractivity contribution is 0.0261. The first kappa shape index (κ1) is 18.2. The summed E-state index contributed by atoms with van der Waals surface area (Å²) in [4.78, 5) is 14.1. The highest BCUT2D eigenvalue weighted by Gasteiger charge is 2.16. The van der Waals surface area contributed by atoms with Crippen molar-refractivity contribution in [2.75, 3.05) is 19.6 Å². The predicted octanol–water partition coefficient (Wildman–Crippen LogP) is 3.65. The minimum absolute atomic E-state index is 0. The summed E-state index contributed by atoms with van der Waals surface area (Å²) < 4.78 is 5.39. The number of halogens is 2. The van der Waals surface area contributed by atoms with E-state index in [9.17, 15) is 4.79 Å². The fourth-order valence-electron chi connectivity index (χ4n) is 1.76. The van der Waals surface area contributed by atoms with Gasteiger partial charge in [-0.25, -0.2) is 4.79 Å². The van der Waals surface area contributed by atoms with Crippen LogP contribution >= 0.6 is 24.0 Å². The zero-order chi connectivity index (χ0) is 13.5. The number of carbonyl (C=O) groups excluding carboxylic acids is 1. The molecule has 108 valence electrons. The Morgan fingerprint density at radius 2 is 1.89 bits per heavy atom. The molecule has 0 aromatic heterocycles. The van der Waals surface area contributed by atoms with Crippen LogP contribution in [-0.2, 0) is 4.74 Å². The monoisotopic (exact) mass is 305 g/mol. The molecule has 0 aliphatic heterocycles. The number of esters is 1. The molecular formula is C14H21Cl2NO2. The number of rotatable bonds is 6. The van der Waals surface area contributed by atoms with Gasteiger partial charge in [-0.15, -0.1) is 12.4 Å². The Labute approximate surface area is 126 Å². The van der Waals surface area contributed by atoms with Crippen molar-refractivity contribution in [2.45, 2.75) is 26.9 Å². The summed E-state index contributed by atoms with van der Waals surface area (Å²) in [5.74, 6) is -0.361. The predicted molar refractivity (Wildman–Crippen MR) is 81.4 cm³/mol. The SMILES string of the molecule is CCN(CC)CC(C)OC(=O)c1ccccc1Cl.Cl. The van der Waals surface area contributed by atoms with Crippen molar-refractivity contribution in [3.8, 4) is 0 Å². The highest BCUT2D eigenvalue weighted by molar-refractivity contribution is 6.33. The van der Waals surface area contributed by atoms with Gasteiger partial charge in [-0.3, -0.25) is 0 Å². The highest BCUT2D eigenvalue weighted by atomic mass is 35.5. The van der Waals surface area contributed by atoms with E-state index in [4.69, 9.17) is 16.3 Å². The summed E-state index contributed by atoms with van der Waals surface area (Å²) >= 11 is 5.95. The number of likely N-dealkylation sites (N-methyl/N-ethyl adjacent to an activating group) is 1. The molecule has 1 unspecified atom stereocenters. The lowest BCUT2D eigenvalue weighted by Crippen LogP contribution is -2.33. The van der Waals surface area contributed by atoms with E-state index in [-0.39, 0.29) is 24.5 Å². The van der Waals surface area contributed by atoms with Gasteiger partial charge in [0.15, 0.2) is 0 Å². The van der Waals surface area contributed by atoms with Crippen molar-refractivity contribution in [3.63, 3.8) is 0 Å². The summed E-state index contributed by atoms with van der Waals surface area (Å²) in [7, 11) is 0. The van der Waals surface area contributed by atoms with Crippen LogP contribution in [-0.4, -0.2) is 36.6 Å². The van der Waals surface area contributed by atoms with Crippen LogP contribution in [0.25, 0.3) is 0 Å². The fourth-order valence-corrected chi connectivity index (χ4v) is 1.97. The Kier molecular flexibility index (Phi) is 8.81. The molecule has 0 heterocycles. The second-order valence-electron chi connectivity index (χ2n) is 4.18. The lowest BCUT2D eigenvalue weighted by Gasteiger charge is -2.22. The van der Waals surface area contributed by atoms with Crippen molar-refractivity contribution >= 4 is 30.0 Å². The van der Waals surface area contributed by atoms with Crippen molar-refractivity contribution in [1.82, 2.24) is 4.90 Å². The van der Waals surface area contributed by atoms with Gasteiger partial charge >= 0.3 is 5.97 Å². The Morgan fingerprint density at radius 1 is 1.32 bits per heavy atom. The molecule has 1 aromatic rings. The van der Waals surface area contributed by atoms with Crippen LogP contribution in [0, 0.1) is 0 Å². The molecule has 0 saturated carbocycles. The molecule has 0 N–H and O–H groups in total. The van der Waals surface area contributed by atoms with Crippen LogP contribution < -0.4 is 0 Å². The van der Waals surface area contributed by atoms with Gasteiger partial charge in [-0.1, -0.05) is 37.6 Å². The van der Waals surface area contributed by atoms with Crippen molar-refractivity contribution in [3.05, 3.63) is 34.9 Å². The van der Waals surface area contributed by atoms with E-state index in [1.165, 1.54) is 0 Å². The Balaban J connectivity index is 0.00000324. The Morgan fingerprint density at radius 3 is 2.42 bits per heavy atom. The number of hydrogen-bond acceptors (Lipinski definition) is 3. The number of ether oxygens (including phenoxy) is 1. The molecule has 5 heteroatoms. The van der Waals surface area contributed by atoms with Crippen molar-refractivity contribution in [1.29, 1.82) is 0 Å². The fraction of sp³-hybridized carbons (Fsp3) is 0.500. The van der Waals surface area contributed by atoms with Gasteiger partial charge in [0, 0.05) is 6.54 Å². The topological polar surface area (TPSA) is 29.5 Å². The molecule has 0 aliphatic rings. The van der Waals surface area contributed by atoms with Gasteiger partial charge in [-0.2, -0.15) is 0 Å². The largest absolute Gasteiger partial charge is 0.458 e. The van der Waals surface area contributed by atoms with Gasteiger partial charge in [0.1, 0.15) is 6.10 Å². The first-order valence-corrected chi connectivity index (χ1v) is 6.64. The van der Waals surface area contributed by atoms with Crippen LogP contribution in [0.1, 0.15) is 31.1 Å². The summed E-state index contributed by atoms with van der Waals surface area (Å²) in [5.41, 5.74) is 0.422. The third-order valence-corrected chi connectivity index (χ3v) is 3.14. The Bertz CT molecular complexity index is 395. The molecule has 0 amide bonds. The van der Waals surface area contributed by atoms with E-state index < -0.39 is 0 Å². The zero-order valence-corrected chi connectivity index (χ0v) is 13.1. The lowest BCUT2D eigenvalue weighted by atomic mass is 10.2. The van der Waals surface area contributed by atoms with Gasteiger partial charge in [0.05, 0.1) is 10.6 Å². The second kappa shape index (κ2) is 9.18. The van der Waals surface area contributed by atoms with Crippen LogP contribution in [0.4, 0.5) is 0 Å². The van der Waals surface area contributed by atoms with Crippen LogP contribution in [0.3, 0.4) is 0 Å². The third kappa shape index (κ3) is 5.81. The quantitative estimate of drug-likeness (QED) is 0.751. The summed E-state index contributed by atoms with van der Waals surface area (Å²) in [5, 5.41) is 0.428. The van der Waals surface area contributed by atoms with Crippen LogP contribution in [0.5, 0.6) is 0 Å². The number of carbonyl (C=O) groups is 1. The number of nitrogens with zero attached hydrogens (tertiary/aromatic N) is 1. The summed E-state index contributed by atoms with van der Waals surface area (Å²) in [6, 6.07) is 6.93. The van der Waals surface area contributed by atoms with Gasteiger partial charge in [0.2, 0.25) is 0 Å². The van der Waals surface area contributed by atoms with Crippen LogP contribution in [0.15, 0.2) is 24.3 Å². The van der Waals surface area contributed by atoms with Gasteiger partial charge < -0.3 is 9.64 Å². The van der Waals surface area contributed by atoms with Crippen molar-refractivity contribution < 1.29 is 9.53 Å². The van der Waals surface area contributed by atoms with Gasteiger partial charge in [-0.05, 0) is 32.1 Å².